The fourth-order valence-corrected chi connectivity index (χ4v) is 3.68. The SMILES string of the molecule is O=O.O=[S-](=O)c1ccc2c(c1)cc(S(=O)(=O)[O-])c1oc(-c3ccccn3)nc12.[Na+].[Na+]. The van der Waals surface area contributed by atoms with E-state index in [0.717, 1.165) is 6.07 Å². The van der Waals surface area contributed by atoms with E-state index in [1.807, 2.05) is 0 Å². The van der Waals surface area contributed by atoms with Crippen molar-refractivity contribution in [3.63, 3.8) is 0 Å². The number of benzene rings is 2. The van der Waals surface area contributed by atoms with Crippen LogP contribution in [0, 0.1) is 9.93 Å². The van der Waals surface area contributed by atoms with E-state index in [1.165, 1.54) is 24.4 Å². The molecule has 2 aromatic heterocycles. The molecule has 0 aliphatic carbocycles. The van der Waals surface area contributed by atoms with Gasteiger partial charge < -0.3 is 17.4 Å². The summed E-state index contributed by atoms with van der Waals surface area (Å²) in [7, 11) is -7.38. The number of rotatable bonds is 3. The number of nitrogens with zero attached hydrogens (tertiary/aromatic N) is 2. The molecule has 0 atom stereocenters. The number of oxazole rings is 1. The Morgan fingerprint density at radius 2 is 1.70 bits per heavy atom. The minimum atomic E-state index is -4.88. The van der Waals surface area contributed by atoms with Gasteiger partial charge in [0.15, 0.2) is 5.58 Å². The molecule has 0 bridgehead atoms. The predicted molar refractivity (Wildman–Crippen MR) is 96.4 cm³/mol. The molecule has 4 aromatic rings. The van der Waals surface area contributed by atoms with Gasteiger partial charge >= 0.3 is 59.1 Å². The first-order chi connectivity index (χ1) is 13.3. The van der Waals surface area contributed by atoms with E-state index in [-0.39, 0.29) is 86.4 Å². The zero-order chi connectivity index (χ0) is 20.5. The Hall–Kier alpha value is -1.22. The van der Waals surface area contributed by atoms with Crippen LogP contribution in [0.1, 0.15) is 0 Å². The van der Waals surface area contributed by atoms with Crippen LogP contribution < -0.4 is 59.1 Å². The molecule has 0 unspecified atom stereocenters. The molecule has 0 saturated carbocycles. The van der Waals surface area contributed by atoms with Gasteiger partial charge in [-0.05, 0) is 34.3 Å². The van der Waals surface area contributed by atoms with Gasteiger partial charge in [0.25, 0.3) is 0 Å². The van der Waals surface area contributed by atoms with Gasteiger partial charge in [0.2, 0.25) is 5.89 Å². The van der Waals surface area contributed by atoms with Gasteiger partial charge in [0.05, 0.1) is 4.90 Å². The van der Waals surface area contributed by atoms with Crippen LogP contribution in [-0.2, 0) is 29.2 Å². The van der Waals surface area contributed by atoms with Crippen LogP contribution in [0.2, 0.25) is 0 Å². The van der Waals surface area contributed by atoms with Crippen molar-refractivity contribution >= 4 is 42.7 Å². The first-order valence-electron chi connectivity index (χ1n) is 7.35. The summed E-state index contributed by atoms with van der Waals surface area (Å²) >= 11 is 0. The van der Waals surface area contributed by atoms with Crippen molar-refractivity contribution in [2.75, 3.05) is 0 Å². The molecular weight excluding hydrogens is 458 g/mol. The Kier molecular flexibility index (Phi) is 9.73. The van der Waals surface area contributed by atoms with Crippen LogP contribution in [0.5, 0.6) is 0 Å². The molecule has 14 heteroatoms. The minimum Gasteiger partial charge on any atom is -0.744 e. The van der Waals surface area contributed by atoms with E-state index in [4.69, 9.17) is 14.3 Å². The molecule has 0 N–H and O–H groups in total. The molecule has 0 fully saturated rings. The molecule has 0 radical (unpaired) electrons. The number of aromatic nitrogens is 2. The molecule has 10 nitrogen and oxygen atoms in total. The van der Waals surface area contributed by atoms with Gasteiger partial charge in [-0.3, -0.25) is 4.98 Å². The normalized spacial score (nSPS) is 10.7. The summed E-state index contributed by atoms with van der Waals surface area (Å²) in [5.41, 5.74) is 0.313. The molecule has 30 heavy (non-hydrogen) atoms. The zero-order valence-corrected chi connectivity index (χ0v) is 21.2. The topological polar surface area (TPSA) is 164 Å². The molecule has 144 valence electrons. The van der Waals surface area contributed by atoms with Crippen molar-refractivity contribution < 1.29 is 84.9 Å². The summed E-state index contributed by atoms with van der Waals surface area (Å²) in [4.78, 5) is 21.7. The monoisotopic (exact) mass is 466 g/mol. The number of hydrogen-bond acceptors (Lipinski definition) is 11. The summed E-state index contributed by atoms with van der Waals surface area (Å²) in [5, 5.41) is 0.696. The number of fused-ring (bicyclic) bond motifs is 3. The van der Waals surface area contributed by atoms with Gasteiger partial charge in [-0.25, -0.2) is 13.4 Å². The third kappa shape index (κ3) is 5.33. The van der Waals surface area contributed by atoms with Gasteiger partial charge in [-0.2, -0.15) is 0 Å². The van der Waals surface area contributed by atoms with Crippen molar-refractivity contribution in [2.24, 2.45) is 0 Å². The van der Waals surface area contributed by atoms with Crippen molar-refractivity contribution in [3.8, 4) is 11.6 Å². The van der Waals surface area contributed by atoms with Crippen LogP contribution in [0.15, 0.2) is 62.9 Å². The van der Waals surface area contributed by atoms with Crippen LogP contribution in [-0.4, -0.2) is 22.9 Å². The Morgan fingerprint density at radius 3 is 2.27 bits per heavy atom. The summed E-state index contributed by atoms with van der Waals surface area (Å²) in [5.74, 6) is 0.0504. The molecule has 2 heterocycles. The van der Waals surface area contributed by atoms with Crippen molar-refractivity contribution in [3.05, 3.63) is 58.6 Å². The first-order valence-corrected chi connectivity index (χ1v) is 9.83. The fraction of sp³-hybridized carbons (Fsp3) is 0. The second kappa shape index (κ2) is 10.9. The summed E-state index contributed by atoms with van der Waals surface area (Å²) < 4.78 is 62.9. The average Bonchev–Trinajstić information content (AvgIpc) is 3.13. The molecular formula is C16H8N2Na2O8S2. The Bertz CT molecular complexity index is 1360. The third-order valence-electron chi connectivity index (χ3n) is 3.76. The van der Waals surface area contributed by atoms with Gasteiger partial charge in [0, 0.05) is 21.5 Å². The van der Waals surface area contributed by atoms with Crippen molar-refractivity contribution in [1.29, 1.82) is 0 Å². The predicted octanol–water partition coefficient (Wildman–Crippen LogP) is -3.31. The maximum absolute atomic E-state index is 11.7. The minimum absolute atomic E-state index is 0. The summed E-state index contributed by atoms with van der Waals surface area (Å²) in [6, 6.07) is 10.2. The quantitative estimate of drug-likeness (QED) is 0.170. The molecule has 0 saturated heterocycles. The van der Waals surface area contributed by atoms with Crippen LogP contribution in [0.25, 0.3) is 33.5 Å². The third-order valence-corrected chi connectivity index (χ3v) is 5.24. The van der Waals surface area contributed by atoms with Gasteiger partial charge in [0.1, 0.15) is 21.3 Å². The van der Waals surface area contributed by atoms with E-state index in [2.05, 4.69) is 9.97 Å². The largest absolute Gasteiger partial charge is 1.00 e. The molecule has 0 spiro atoms. The second-order valence-corrected chi connectivity index (χ2v) is 7.65. The van der Waals surface area contributed by atoms with Crippen LogP contribution in [0.3, 0.4) is 0 Å². The van der Waals surface area contributed by atoms with Crippen LogP contribution >= 0.6 is 0 Å². The van der Waals surface area contributed by atoms with E-state index in [1.54, 1.807) is 18.2 Å². The summed E-state index contributed by atoms with van der Waals surface area (Å²) in [6.07, 6.45) is 1.52. The number of hydrogen-bond donors (Lipinski definition) is 0. The molecule has 0 aliphatic rings. The van der Waals surface area contributed by atoms with E-state index >= 15 is 0 Å². The second-order valence-electron chi connectivity index (χ2n) is 5.36. The Morgan fingerprint density at radius 1 is 1.00 bits per heavy atom. The van der Waals surface area contributed by atoms with E-state index < -0.39 is 25.7 Å². The van der Waals surface area contributed by atoms with Gasteiger partial charge in [-0.15, -0.1) is 0 Å². The smallest absolute Gasteiger partial charge is 0.744 e. The summed E-state index contributed by atoms with van der Waals surface area (Å²) in [6.45, 7) is 0. The molecule has 0 amide bonds. The number of pyridine rings is 1. The van der Waals surface area contributed by atoms with Crippen molar-refractivity contribution in [1.82, 2.24) is 9.97 Å². The molecule has 0 aliphatic heterocycles. The van der Waals surface area contributed by atoms with Crippen LogP contribution in [0.4, 0.5) is 0 Å². The zero-order valence-electron chi connectivity index (χ0n) is 15.6. The van der Waals surface area contributed by atoms with E-state index in [9.17, 15) is 21.4 Å². The first kappa shape index (κ1) is 26.8. The maximum atomic E-state index is 11.7. The van der Waals surface area contributed by atoms with Gasteiger partial charge in [-0.1, -0.05) is 29.2 Å². The van der Waals surface area contributed by atoms with E-state index in [0.29, 0.717) is 11.1 Å². The molecule has 2 aromatic carbocycles. The Labute approximate surface area is 215 Å². The standard InChI is InChI=1S/C16H9N2O6S2.2Na.O2/c19-25(20)10-4-5-11-9(7-10)8-13(26(21,22)23)15-14(11)18-16(24-15)12-3-1-2-6-17-12;;;1-2/h1-8H,(H,21,22,23);;;/q-1;2*+1;/p-1. The average molecular weight is 466 g/mol. The van der Waals surface area contributed by atoms with Crippen molar-refractivity contribution in [2.45, 2.75) is 9.79 Å². The fourth-order valence-electron chi connectivity index (χ4n) is 2.64. The molecule has 4 rings (SSSR count). The maximum Gasteiger partial charge on any atom is 1.00 e. The Balaban J connectivity index is 0.00000109.